The number of nitrogens with one attached hydrogen (secondary N) is 1. The van der Waals surface area contributed by atoms with Gasteiger partial charge in [0, 0.05) is 19.0 Å². The van der Waals surface area contributed by atoms with Crippen molar-refractivity contribution in [1.29, 1.82) is 0 Å². The lowest BCUT2D eigenvalue weighted by atomic mass is 9.54. The Morgan fingerprint density at radius 2 is 1.60 bits per heavy atom. The Morgan fingerprint density at radius 1 is 1.00 bits per heavy atom. The topological polar surface area (TPSA) is 49.4 Å². The van der Waals surface area contributed by atoms with Gasteiger partial charge in [-0.2, -0.15) is 0 Å². The van der Waals surface area contributed by atoms with Crippen LogP contribution in [0.25, 0.3) is 0 Å². The summed E-state index contributed by atoms with van der Waals surface area (Å²) in [7, 11) is 0. The van der Waals surface area contributed by atoms with E-state index in [2.05, 4.69) is 26.1 Å². The summed E-state index contributed by atoms with van der Waals surface area (Å²) in [4.78, 5) is 27.5. The molecule has 4 heteroatoms. The molecule has 1 aliphatic heterocycles. The Bertz CT molecular complexity index is 523. The molecule has 4 nitrogen and oxygen atoms in total. The van der Waals surface area contributed by atoms with Gasteiger partial charge in [0.2, 0.25) is 11.8 Å². The first kappa shape index (κ1) is 17.4. The third-order valence-corrected chi connectivity index (χ3v) is 7.09. The molecule has 1 N–H and O–H groups in total. The average Bonchev–Trinajstić information content (AvgIpc) is 2.98. The minimum atomic E-state index is -0.230. The van der Waals surface area contributed by atoms with Crippen LogP contribution in [-0.4, -0.2) is 35.3 Å². The van der Waals surface area contributed by atoms with Crippen molar-refractivity contribution in [3.8, 4) is 0 Å². The summed E-state index contributed by atoms with van der Waals surface area (Å²) in [6, 6.07) is 0.146. The Morgan fingerprint density at radius 3 is 2.16 bits per heavy atom. The lowest BCUT2D eigenvalue weighted by molar-refractivity contribution is -0.141. The number of carbonyl (C=O) groups excluding carboxylic acids is 2. The van der Waals surface area contributed by atoms with Crippen molar-refractivity contribution < 1.29 is 9.59 Å². The quantitative estimate of drug-likeness (QED) is 0.852. The summed E-state index contributed by atoms with van der Waals surface area (Å²) in [5, 5.41) is 3.42. The highest BCUT2D eigenvalue weighted by atomic mass is 16.2. The second-order valence-corrected chi connectivity index (χ2v) is 10.4. The van der Waals surface area contributed by atoms with Crippen LogP contribution in [0.15, 0.2) is 0 Å². The van der Waals surface area contributed by atoms with Crippen molar-refractivity contribution in [1.82, 2.24) is 10.2 Å². The van der Waals surface area contributed by atoms with Crippen LogP contribution in [0, 0.1) is 29.1 Å². The first-order valence-corrected chi connectivity index (χ1v) is 10.4. The van der Waals surface area contributed by atoms with Crippen LogP contribution in [0.5, 0.6) is 0 Å². The third-order valence-electron chi connectivity index (χ3n) is 7.09. The molecule has 0 unspecified atom stereocenters. The van der Waals surface area contributed by atoms with Gasteiger partial charge in [0.1, 0.15) is 6.04 Å². The van der Waals surface area contributed by atoms with E-state index in [-0.39, 0.29) is 23.3 Å². The SMILES string of the molecule is CC(C)(C)CC(=O)N1CCC[C@@H]1C(=O)NC1C2CC3CC(C2)CC1C3. The maximum Gasteiger partial charge on any atom is 0.243 e. The first-order valence-electron chi connectivity index (χ1n) is 10.4. The van der Waals surface area contributed by atoms with E-state index in [1.54, 1.807) is 0 Å². The third kappa shape index (κ3) is 3.46. The molecule has 1 saturated heterocycles. The second kappa shape index (κ2) is 6.28. The maximum absolute atomic E-state index is 13.0. The normalized spacial score (nSPS) is 39.7. The van der Waals surface area contributed by atoms with E-state index in [1.165, 1.54) is 32.1 Å². The van der Waals surface area contributed by atoms with Gasteiger partial charge >= 0.3 is 0 Å². The number of hydrogen-bond donors (Lipinski definition) is 1. The summed E-state index contributed by atoms with van der Waals surface area (Å²) < 4.78 is 0. The summed E-state index contributed by atoms with van der Waals surface area (Å²) in [5.41, 5.74) is -0.0257. The predicted molar refractivity (Wildman–Crippen MR) is 97.8 cm³/mol. The van der Waals surface area contributed by atoms with Gasteiger partial charge in [-0.1, -0.05) is 20.8 Å². The van der Waals surface area contributed by atoms with Gasteiger partial charge in [-0.3, -0.25) is 9.59 Å². The van der Waals surface area contributed by atoms with Crippen molar-refractivity contribution in [3.63, 3.8) is 0 Å². The maximum atomic E-state index is 13.0. The Hall–Kier alpha value is -1.06. The van der Waals surface area contributed by atoms with Crippen LogP contribution in [-0.2, 0) is 9.59 Å². The predicted octanol–water partition coefficient (Wildman–Crippen LogP) is 3.35. The smallest absolute Gasteiger partial charge is 0.243 e. The molecule has 1 atom stereocenters. The number of likely N-dealkylation sites (tertiary alicyclic amines) is 1. The molecule has 4 aliphatic carbocycles. The van der Waals surface area contributed by atoms with E-state index in [1.807, 2.05) is 4.90 Å². The Kier molecular flexibility index (Phi) is 4.36. The molecule has 4 bridgehead atoms. The lowest BCUT2D eigenvalue weighted by Gasteiger charge is -2.54. The van der Waals surface area contributed by atoms with Crippen molar-refractivity contribution in [2.24, 2.45) is 29.1 Å². The van der Waals surface area contributed by atoms with E-state index in [4.69, 9.17) is 0 Å². The van der Waals surface area contributed by atoms with Crippen LogP contribution in [0.1, 0.15) is 72.1 Å². The molecule has 0 aromatic carbocycles. The van der Waals surface area contributed by atoms with E-state index in [0.717, 1.165) is 31.2 Å². The summed E-state index contributed by atoms with van der Waals surface area (Å²) in [6.45, 7) is 7.01. The van der Waals surface area contributed by atoms with Crippen molar-refractivity contribution in [2.45, 2.75) is 84.2 Å². The van der Waals surface area contributed by atoms with Crippen molar-refractivity contribution >= 4 is 11.8 Å². The fourth-order valence-corrected chi connectivity index (χ4v) is 6.31. The van der Waals surface area contributed by atoms with Gasteiger partial charge in [-0.05, 0) is 74.0 Å². The monoisotopic (exact) mass is 346 g/mol. The number of hydrogen-bond acceptors (Lipinski definition) is 2. The first-order chi connectivity index (χ1) is 11.8. The Balaban J connectivity index is 1.40. The van der Waals surface area contributed by atoms with Gasteiger partial charge in [-0.25, -0.2) is 0 Å². The number of rotatable bonds is 3. The standard InChI is InChI=1S/C21H34N2O2/c1-21(2,3)12-18(24)23-6-4-5-17(23)20(25)22-19-15-8-13-7-14(10-15)11-16(19)9-13/h13-17,19H,4-12H2,1-3H3,(H,22,25)/t13?,14?,15?,16?,17-,19?/m1/s1. The molecule has 140 valence electrons. The molecule has 5 rings (SSSR count). The fraction of sp³-hybridized carbons (Fsp3) is 0.905. The minimum absolute atomic E-state index is 0.0257. The van der Waals surface area contributed by atoms with E-state index in [0.29, 0.717) is 24.3 Å². The zero-order chi connectivity index (χ0) is 17.8. The van der Waals surface area contributed by atoms with Crippen LogP contribution >= 0.6 is 0 Å². The Labute approximate surface area is 152 Å². The van der Waals surface area contributed by atoms with Crippen LogP contribution in [0.4, 0.5) is 0 Å². The molecule has 0 spiro atoms. The largest absolute Gasteiger partial charge is 0.351 e. The number of nitrogens with zero attached hydrogens (tertiary/aromatic N) is 1. The zero-order valence-corrected chi connectivity index (χ0v) is 16.1. The van der Waals surface area contributed by atoms with E-state index in [9.17, 15) is 9.59 Å². The van der Waals surface area contributed by atoms with Crippen LogP contribution in [0.3, 0.4) is 0 Å². The van der Waals surface area contributed by atoms with E-state index >= 15 is 0 Å². The van der Waals surface area contributed by atoms with Crippen LogP contribution < -0.4 is 5.32 Å². The molecule has 2 amide bonds. The van der Waals surface area contributed by atoms with Crippen molar-refractivity contribution in [3.05, 3.63) is 0 Å². The molecule has 0 aromatic heterocycles. The molecule has 25 heavy (non-hydrogen) atoms. The summed E-state index contributed by atoms with van der Waals surface area (Å²) >= 11 is 0. The highest BCUT2D eigenvalue weighted by Crippen LogP contribution is 2.53. The molecular weight excluding hydrogens is 312 g/mol. The van der Waals surface area contributed by atoms with Crippen molar-refractivity contribution in [2.75, 3.05) is 6.54 Å². The molecule has 0 aromatic rings. The number of amides is 2. The molecule has 0 radical (unpaired) electrons. The highest BCUT2D eigenvalue weighted by Gasteiger charge is 2.49. The van der Waals surface area contributed by atoms with Crippen LogP contribution in [0.2, 0.25) is 0 Å². The average molecular weight is 347 g/mol. The molecular formula is C21H34N2O2. The highest BCUT2D eigenvalue weighted by molar-refractivity contribution is 5.88. The van der Waals surface area contributed by atoms with Gasteiger partial charge in [0.05, 0.1) is 0 Å². The van der Waals surface area contributed by atoms with E-state index < -0.39 is 0 Å². The molecule has 4 saturated carbocycles. The summed E-state index contributed by atoms with van der Waals surface area (Å²) in [5.74, 6) is 3.51. The molecule has 5 fully saturated rings. The van der Waals surface area contributed by atoms with Gasteiger partial charge < -0.3 is 10.2 Å². The zero-order valence-electron chi connectivity index (χ0n) is 16.1. The van der Waals surface area contributed by atoms with Gasteiger partial charge in [0.15, 0.2) is 0 Å². The lowest BCUT2D eigenvalue weighted by Crippen LogP contribution is -2.58. The summed E-state index contributed by atoms with van der Waals surface area (Å²) in [6.07, 6.45) is 9.00. The second-order valence-electron chi connectivity index (χ2n) is 10.4. The minimum Gasteiger partial charge on any atom is -0.351 e. The number of carbonyl (C=O) groups is 2. The van der Waals surface area contributed by atoms with Gasteiger partial charge in [-0.15, -0.1) is 0 Å². The molecule has 5 aliphatic rings. The fourth-order valence-electron chi connectivity index (χ4n) is 6.31. The van der Waals surface area contributed by atoms with Gasteiger partial charge in [0.25, 0.3) is 0 Å². The molecule has 1 heterocycles.